The highest BCUT2D eigenvalue weighted by Crippen LogP contribution is 2.68. The first-order valence-corrected chi connectivity index (χ1v) is 11.8. The molecule has 4 saturated carbocycles. The molecule has 11 atom stereocenters. The van der Waals surface area contributed by atoms with E-state index in [1.807, 2.05) is 0 Å². The number of hydrogen-bond donors (Lipinski definition) is 4. The predicted molar refractivity (Wildman–Crippen MR) is 110 cm³/mol. The fourth-order valence-electron chi connectivity index (χ4n) is 8.68. The summed E-state index contributed by atoms with van der Waals surface area (Å²) >= 11 is 0. The monoisotopic (exact) mass is 408 g/mol. The molecule has 0 aromatic rings. The standard InChI is InChI=1S/C24H40O5/c1-13(4-7-21(28)29)16-5-6-17-22-18(12-20(27)24(16,17)3)23(2)9-8-15(25)10-14(23)11-19(22)26/h13-20,22,25-27H,4-12H2,1-3H3,(H,28,29)/t13-,14+,15+,16+,17+,18+,19+,20-,22+,23-,24+/m0/s1. The maximum atomic E-state index is 11.5. The van der Waals surface area contributed by atoms with Gasteiger partial charge in [-0.3, -0.25) is 4.79 Å². The molecule has 4 N–H and O–H groups in total. The van der Waals surface area contributed by atoms with E-state index in [-0.39, 0.29) is 41.3 Å². The van der Waals surface area contributed by atoms with Crippen molar-refractivity contribution >= 4 is 5.97 Å². The molecule has 0 heterocycles. The van der Waals surface area contributed by atoms with E-state index in [0.717, 1.165) is 44.9 Å². The molecule has 0 aliphatic heterocycles. The van der Waals surface area contributed by atoms with Crippen molar-refractivity contribution in [3.05, 3.63) is 0 Å². The van der Waals surface area contributed by atoms with Crippen molar-refractivity contribution < 1.29 is 25.2 Å². The molecule has 0 spiro atoms. The van der Waals surface area contributed by atoms with Crippen molar-refractivity contribution in [3.63, 3.8) is 0 Å². The molecular formula is C24H40O5. The van der Waals surface area contributed by atoms with Crippen LogP contribution in [0.4, 0.5) is 0 Å². The van der Waals surface area contributed by atoms with Gasteiger partial charge in [-0.15, -0.1) is 0 Å². The van der Waals surface area contributed by atoms with E-state index in [2.05, 4.69) is 20.8 Å². The zero-order valence-electron chi connectivity index (χ0n) is 18.3. The predicted octanol–water partition coefficient (Wildman–Crippen LogP) is 3.45. The Hall–Kier alpha value is -0.650. The summed E-state index contributed by atoms with van der Waals surface area (Å²) in [6.45, 7) is 6.72. The molecular weight excluding hydrogens is 368 g/mol. The number of carbonyl (C=O) groups is 1. The summed E-state index contributed by atoms with van der Waals surface area (Å²) in [6, 6.07) is 0. The van der Waals surface area contributed by atoms with E-state index >= 15 is 0 Å². The second-order valence-electron chi connectivity index (χ2n) is 11.4. The number of aliphatic carboxylic acids is 1. The molecule has 0 saturated heterocycles. The fourth-order valence-corrected chi connectivity index (χ4v) is 8.68. The van der Waals surface area contributed by atoms with Crippen molar-refractivity contribution in [2.24, 2.45) is 46.3 Å². The molecule has 4 rings (SSSR count). The second-order valence-corrected chi connectivity index (χ2v) is 11.4. The van der Waals surface area contributed by atoms with Crippen LogP contribution in [0.2, 0.25) is 0 Å². The van der Waals surface area contributed by atoms with Crippen molar-refractivity contribution in [3.8, 4) is 0 Å². The molecule has 5 nitrogen and oxygen atoms in total. The van der Waals surface area contributed by atoms with Gasteiger partial charge in [-0.05, 0) is 97.7 Å². The highest BCUT2D eigenvalue weighted by molar-refractivity contribution is 5.66. The SMILES string of the molecule is C[C@@H](CCC(=O)O)[C@H]1CC[C@@H]2[C@H]3[C@H](O)C[C@H]4C[C@H](O)CC[C@]4(C)[C@@H]3C[C@H](O)[C@@]21C. The maximum absolute atomic E-state index is 11.5. The molecule has 0 amide bonds. The number of aliphatic hydroxyl groups excluding tert-OH is 3. The Labute approximate surface area is 174 Å². The summed E-state index contributed by atoms with van der Waals surface area (Å²) < 4.78 is 0. The minimum Gasteiger partial charge on any atom is -0.481 e. The van der Waals surface area contributed by atoms with Gasteiger partial charge in [0.05, 0.1) is 18.3 Å². The third-order valence-electron chi connectivity index (χ3n) is 10.3. The summed E-state index contributed by atoms with van der Waals surface area (Å²) in [5.41, 5.74) is -0.143. The van der Waals surface area contributed by atoms with Gasteiger partial charge >= 0.3 is 5.97 Å². The fraction of sp³-hybridized carbons (Fsp3) is 0.958. The van der Waals surface area contributed by atoms with Crippen molar-refractivity contribution in [1.29, 1.82) is 0 Å². The topological polar surface area (TPSA) is 98.0 Å². The first kappa shape index (κ1) is 21.6. The Kier molecular flexibility index (Phi) is 5.57. The van der Waals surface area contributed by atoms with Gasteiger partial charge in [0.15, 0.2) is 0 Å². The third kappa shape index (κ3) is 3.27. The quantitative estimate of drug-likeness (QED) is 0.571. The average Bonchev–Trinajstić information content (AvgIpc) is 3.01. The Morgan fingerprint density at radius 1 is 1.03 bits per heavy atom. The van der Waals surface area contributed by atoms with Crippen LogP contribution >= 0.6 is 0 Å². The smallest absolute Gasteiger partial charge is 0.303 e. The summed E-state index contributed by atoms with van der Waals surface area (Å²) in [6.07, 6.45) is 6.00. The highest BCUT2D eigenvalue weighted by atomic mass is 16.4. The molecule has 0 unspecified atom stereocenters. The first-order chi connectivity index (χ1) is 13.6. The summed E-state index contributed by atoms with van der Waals surface area (Å²) in [4.78, 5) is 11.1. The van der Waals surface area contributed by atoms with Gasteiger partial charge in [0, 0.05) is 6.42 Å². The van der Waals surface area contributed by atoms with E-state index in [1.165, 1.54) is 0 Å². The zero-order chi connectivity index (χ0) is 21.1. The van der Waals surface area contributed by atoms with Gasteiger partial charge in [-0.2, -0.15) is 0 Å². The van der Waals surface area contributed by atoms with Crippen LogP contribution in [0, 0.1) is 46.3 Å². The number of hydrogen-bond acceptors (Lipinski definition) is 4. The van der Waals surface area contributed by atoms with Gasteiger partial charge in [0.25, 0.3) is 0 Å². The highest BCUT2D eigenvalue weighted by Gasteiger charge is 2.65. The lowest BCUT2D eigenvalue weighted by Crippen LogP contribution is -2.62. The molecule has 4 fully saturated rings. The van der Waals surface area contributed by atoms with Crippen LogP contribution in [0.3, 0.4) is 0 Å². The summed E-state index contributed by atoms with van der Waals surface area (Å²) in [5, 5.41) is 42.0. The van der Waals surface area contributed by atoms with Crippen LogP contribution in [-0.2, 0) is 4.79 Å². The second kappa shape index (κ2) is 7.49. The van der Waals surface area contributed by atoms with Crippen LogP contribution in [0.1, 0.15) is 78.6 Å². The van der Waals surface area contributed by atoms with E-state index in [4.69, 9.17) is 5.11 Å². The molecule has 4 aliphatic carbocycles. The van der Waals surface area contributed by atoms with Crippen LogP contribution < -0.4 is 0 Å². The van der Waals surface area contributed by atoms with Crippen molar-refractivity contribution in [2.75, 3.05) is 0 Å². The number of rotatable bonds is 4. The summed E-state index contributed by atoms with van der Waals surface area (Å²) in [7, 11) is 0. The number of fused-ring (bicyclic) bond motifs is 5. The lowest BCUT2D eigenvalue weighted by Gasteiger charge is -2.63. The lowest BCUT2D eigenvalue weighted by molar-refractivity contribution is -0.207. The van der Waals surface area contributed by atoms with Crippen LogP contribution in [0.15, 0.2) is 0 Å². The molecule has 0 aromatic heterocycles. The Morgan fingerprint density at radius 2 is 1.76 bits per heavy atom. The van der Waals surface area contributed by atoms with Crippen molar-refractivity contribution in [2.45, 2.75) is 96.9 Å². The lowest BCUT2D eigenvalue weighted by atomic mass is 9.43. The van der Waals surface area contributed by atoms with Gasteiger partial charge in [0.1, 0.15) is 0 Å². The van der Waals surface area contributed by atoms with Gasteiger partial charge in [0.2, 0.25) is 0 Å². The van der Waals surface area contributed by atoms with Crippen LogP contribution in [0.5, 0.6) is 0 Å². The molecule has 166 valence electrons. The summed E-state index contributed by atoms with van der Waals surface area (Å²) in [5.74, 6) is 0.997. The van der Waals surface area contributed by atoms with E-state index in [1.54, 1.807) is 0 Å². The minimum atomic E-state index is -0.748. The van der Waals surface area contributed by atoms with E-state index in [0.29, 0.717) is 30.1 Å². The molecule has 4 aliphatic rings. The van der Waals surface area contributed by atoms with Gasteiger partial charge < -0.3 is 20.4 Å². The third-order valence-corrected chi connectivity index (χ3v) is 10.3. The van der Waals surface area contributed by atoms with Crippen LogP contribution in [0.25, 0.3) is 0 Å². The normalized spacial score (nSPS) is 52.9. The minimum absolute atomic E-state index is 0.0957. The molecule has 0 aromatic carbocycles. The molecule has 5 heteroatoms. The number of aliphatic hydroxyl groups is 3. The molecule has 0 bridgehead atoms. The number of carboxylic acids is 1. The van der Waals surface area contributed by atoms with Crippen molar-refractivity contribution in [1.82, 2.24) is 0 Å². The maximum Gasteiger partial charge on any atom is 0.303 e. The van der Waals surface area contributed by atoms with Gasteiger partial charge in [-0.1, -0.05) is 20.8 Å². The zero-order valence-corrected chi connectivity index (χ0v) is 18.3. The molecule has 0 radical (unpaired) electrons. The van der Waals surface area contributed by atoms with E-state index < -0.39 is 12.1 Å². The Bertz CT molecular complexity index is 637. The van der Waals surface area contributed by atoms with E-state index in [9.17, 15) is 20.1 Å². The first-order valence-electron chi connectivity index (χ1n) is 11.8. The largest absolute Gasteiger partial charge is 0.481 e. The van der Waals surface area contributed by atoms with Crippen LogP contribution in [-0.4, -0.2) is 44.7 Å². The van der Waals surface area contributed by atoms with Gasteiger partial charge in [-0.25, -0.2) is 0 Å². The Morgan fingerprint density at radius 3 is 2.45 bits per heavy atom. The molecule has 29 heavy (non-hydrogen) atoms. The number of carboxylic acid groups (broad SMARTS) is 1. The Balaban J connectivity index is 1.61. The average molecular weight is 409 g/mol.